The molecule has 0 aliphatic heterocycles. The number of rotatable bonds is 2. The Bertz CT molecular complexity index is 133. The van der Waals surface area contributed by atoms with Crippen molar-refractivity contribution in [3.63, 3.8) is 0 Å². The molecule has 0 saturated heterocycles. The fourth-order valence-electron chi connectivity index (χ4n) is 2.03. The van der Waals surface area contributed by atoms with Crippen molar-refractivity contribution in [2.45, 2.75) is 45.4 Å². The molecule has 0 aromatic rings. The molecule has 0 amide bonds. The van der Waals surface area contributed by atoms with Crippen molar-refractivity contribution >= 4 is 0 Å². The second-order valence-corrected chi connectivity index (χ2v) is 3.67. The molecule has 1 rings (SSSR count). The Morgan fingerprint density at radius 1 is 1.27 bits per heavy atom. The average Bonchev–Trinajstić information content (AvgIpc) is 2.07. The van der Waals surface area contributed by atoms with Gasteiger partial charge in [0.05, 0.1) is 0 Å². The maximum atomic E-state index is 5.37. The average molecular weight is 150 g/mol. The minimum absolute atomic E-state index is 0.600. The molecule has 0 atom stereocenters. The van der Waals surface area contributed by atoms with Crippen LogP contribution in [0.1, 0.15) is 45.4 Å². The molecular formula is C11H18. The van der Waals surface area contributed by atoms with Crippen molar-refractivity contribution in [2.24, 2.45) is 11.8 Å². The normalized spacial score (nSPS) is 31.3. The molecule has 1 fully saturated rings. The zero-order chi connectivity index (χ0) is 8.10. The summed E-state index contributed by atoms with van der Waals surface area (Å²) in [5, 5.41) is 0. The minimum Gasteiger partial charge on any atom is -0.120 e. The Hall–Kier alpha value is -0.440. The topological polar surface area (TPSA) is 0 Å². The third-order valence-electron chi connectivity index (χ3n) is 2.78. The molecule has 0 unspecified atom stereocenters. The molecule has 0 radical (unpaired) electrons. The monoisotopic (exact) mass is 150 g/mol. The summed E-state index contributed by atoms with van der Waals surface area (Å²) in [5.41, 5.74) is 0. The standard InChI is InChI=1S/C11H18/c1-3-5-11-8-6-10(4-2)7-9-11/h2,10-11H,3,5-9H2,1H3/t10-,11-. The Morgan fingerprint density at radius 3 is 2.36 bits per heavy atom. The first-order valence-corrected chi connectivity index (χ1v) is 4.83. The second kappa shape index (κ2) is 4.44. The Morgan fingerprint density at radius 2 is 1.91 bits per heavy atom. The molecule has 0 heterocycles. The van der Waals surface area contributed by atoms with E-state index in [1.54, 1.807) is 0 Å². The van der Waals surface area contributed by atoms with Crippen LogP contribution in [-0.4, -0.2) is 0 Å². The highest BCUT2D eigenvalue weighted by Crippen LogP contribution is 2.30. The first-order chi connectivity index (χ1) is 5.36. The van der Waals surface area contributed by atoms with E-state index in [1.165, 1.54) is 38.5 Å². The Kier molecular flexibility index (Phi) is 3.49. The van der Waals surface area contributed by atoms with Crippen molar-refractivity contribution in [2.75, 3.05) is 0 Å². The maximum absolute atomic E-state index is 5.37. The van der Waals surface area contributed by atoms with E-state index < -0.39 is 0 Å². The smallest absolute Gasteiger partial charge is 0.0200 e. The van der Waals surface area contributed by atoms with Crippen LogP contribution >= 0.6 is 0 Å². The first-order valence-electron chi connectivity index (χ1n) is 4.83. The van der Waals surface area contributed by atoms with Gasteiger partial charge in [0.1, 0.15) is 0 Å². The van der Waals surface area contributed by atoms with Crippen molar-refractivity contribution in [1.82, 2.24) is 0 Å². The summed E-state index contributed by atoms with van der Waals surface area (Å²) in [5.74, 6) is 4.46. The first kappa shape index (κ1) is 8.65. The summed E-state index contributed by atoms with van der Waals surface area (Å²) >= 11 is 0. The quantitative estimate of drug-likeness (QED) is 0.530. The van der Waals surface area contributed by atoms with Gasteiger partial charge in [0.25, 0.3) is 0 Å². The second-order valence-electron chi connectivity index (χ2n) is 3.67. The van der Waals surface area contributed by atoms with Crippen LogP contribution in [0, 0.1) is 24.2 Å². The van der Waals surface area contributed by atoms with Crippen molar-refractivity contribution < 1.29 is 0 Å². The SMILES string of the molecule is C#C[C@H]1CC[C@H](CCC)CC1. The summed E-state index contributed by atoms with van der Waals surface area (Å²) in [6.45, 7) is 2.27. The zero-order valence-corrected chi connectivity index (χ0v) is 7.47. The summed E-state index contributed by atoms with van der Waals surface area (Å²) in [6, 6.07) is 0. The van der Waals surface area contributed by atoms with Gasteiger partial charge < -0.3 is 0 Å². The van der Waals surface area contributed by atoms with Crippen molar-refractivity contribution in [1.29, 1.82) is 0 Å². The van der Waals surface area contributed by atoms with E-state index in [-0.39, 0.29) is 0 Å². The Labute approximate surface area is 70.4 Å². The fourth-order valence-corrected chi connectivity index (χ4v) is 2.03. The van der Waals surface area contributed by atoms with Crippen LogP contribution in [0.4, 0.5) is 0 Å². The fraction of sp³-hybridized carbons (Fsp3) is 0.818. The van der Waals surface area contributed by atoms with Gasteiger partial charge in [-0.15, -0.1) is 12.3 Å². The van der Waals surface area contributed by atoms with Gasteiger partial charge in [-0.3, -0.25) is 0 Å². The summed E-state index contributed by atoms with van der Waals surface area (Å²) in [6.07, 6.45) is 13.4. The Balaban J connectivity index is 2.20. The summed E-state index contributed by atoms with van der Waals surface area (Å²) < 4.78 is 0. The zero-order valence-electron chi connectivity index (χ0n) is 7.47. The van der Waals surface area contributed by atoms with Crippen LogP contribution in [-0.2, 0) is 0 Å². The van der Waals surface area contributed by atoms with Gasteiger partial charge in [0.2, 0.25) is 0 Å². The van der Waals surface area contributed by atoms with Crippen molar-refractivity contribution in [3.8, 4) is 12.3 Å². The minimum atomic E-state index is 0.600. The van der Waals surface area contributed by atoms with Crippen LogP contribution in [0.3, 0.4) is 0 Å². The van der Waals surface area contributed by atoms with E-state index in [2.05, 4.69) is 12.8 Å². The van der Waals surface area contributed by atoms with E-state index in [4.69, 9.17) is 6.42 Å². The van der Waals surface area contributed by atoms with Gasteiger partial charge in [-0.2, -0.15) is 0 Å². The van der Waals surface area contributed by atoms with Gasteiger partial charge in [-0.25, -0.2) is 0 Å². The predicted octanol–water partition coefficient (Wildman–Crippen LogP) is 3.23. The molecule has 1 aliphatic rings. The van der Waals surface area contributed by atoms with Crippen LogP contribution in [0.2, 0.25) is 0 Å². The molecule has 1 saturated carbocycles. The van der Waals surface area contributed by atoms with Crippen LogP contribution in [0.5, 0.6) is 0 Å². The van der Waals surface area contributed by atoms with Gasteiger partial charge in [-0.05, 0) is 31.6 Å². The lowest BCUT2D eigenvalue weighted by molar-refractivity contribution is 0.300. The lowest BCUT2D eigenvalue weighted by Crippen LogP contribution is -2.12. The van der Waals surface area contributed by atoms with E-state index in [1.807, 2.05) is 0 Å². The van der Waals surface area contributed by atoms with Crippen LogP contribution in [0.15, 0.2) is 0 Å². The van der Waals surface area contributed by atoms with Gasteiger partial charge >= 0.3 is 0 Å². The van der Waals surface area contributed by atoms with Gasteiger partial charge in [-0.1, -0.05) is 19.8 Å². The molecule has 0 nitrogen and oxygen atoms in total. The van der Waals surface area contributed by atoms with E-state index >= 15 is 0 Å². The largest absolute Gasteiger partial charge is 0.120 e. The highest BCUT2D eigenvalue weighted by Gasteiger charge is 2.18. The summed E-state index contributed by atoms with van der Waals surface area (Å²) in [7, 11) is 0. The molecule has 0 bridgehead atoms. The molecule has 62 valence electrons. The molecule has 0 N–H and O–H groups in total. The molecular weight excluding hydrogens is 132 g/mol. The highest BCUT2D eigenvalue weighted by molar-refractivity contribution is 4.95. The molecule has 0 aromatic carbocycles. The molecule has 0 spiro atoms. The molecule has 11 heavy (non-hydrogen) atoms. The predicted molar refractivity (Wildman–Crippen MR) is 49.2 cm³/mol. The van der Waals surface area contributed by atoms with E-state index in [9.17, 15) is 0 Å². The molecule has 0 heteroatoms. The van der Waals surface area contributed by atoms with Gasteiger partial charge in [0, 0.05) is 5.92 Å². The van der Waals surface area contributed by atoms with Crippen LogP contribution in [0.25, 0.3) is 0 Å². The highest BCUT2D eigenvalue weighted by atomic mass is 14.2. The van der Waals surface area contributed by atoms with E-state index in [0.717, 1.165) is 5.92 Å². The van der Waals surface area contributed by atoms with E-state index in [0.29, 0.717) is 5.92 Å². The lowest BCUT2D eigenvalue weighted by Gasteiger charge is -2.24. The number of hydrogen-bond acceptors (Lipinski definition) is 0. The van der Waals surface area contributed by atoms with Crippen LogP contribution < -0.4 is 0 Å². The summed E-state index contributed by atoms with van der Waals surface area (Å²) in [4.78, 5) is 0. The number of terminal acetylenes is 1. The molecule has 0 aromatic heterocycles. The molecule has 1 aliphatic carbocycles. The van der Waals surface area contributed by atoms with Gasteiger partial charge in [0.15, 0.2) is 0 Å². The third-order valence-corrected chi connectivity index (χ3v) is 2.78. The lowest BCUT2D eigenvalue weighted by atomic mass is 9.80. The van der Waals surface area contributed by atoms with Crippen molar-refractivity contribution in [3.05, 3.63) is 0 Å². The third kappa shape index (κ3) is 2.58. The maximum Gasteiger partial charge on any atom is 0.0200 e. The number of hydrogen-bond donors (Lipinski definition) is 0.